The zero-order valence-electron chi connectivity index (χ0n) is 19.0. The molecule has 0 aromatic heterocycles. The molecule has 0 N–H and O–H groups in total. The van der Waals surface area contributed by atoms with E-state index in [4.69, 9.17) is 10.6 Å². The Morgan fingerprint density at radius 1 is 0.667 bits per heavy atom. The molecule has 3 rings (SSSR count). The van der Waals surface area contributed by atoms with E-state index in [2.05, 4.69) is 69.2 Å². The van der Waals surface area contributed by atoms with E-state index in [1.165, 1.54) is 46.3 Å². The van der Waals surface area contributed by atoms with E-state index in [1.54, 1.807) is 2.58 Å². The molecule has 0 aromatic rings. The van der Waals surface area contributed by atoms with Crippen LogP contribution in [-0.2, 0) is 4.74 Å². The molecule has 1 aliphatic heterocycles. The quantitative estimate of drug-likeness (QED) is 0.355. The minimum atomic E-state index is -2.34. The number of hydrogen-bond donors (Lipinski definition) is 0. The van der Waals surface area contributed by atoms with Gasteiger partial charge in [0.25, 0.3) is 0 Å². The third-order valence-corrected chi connectivity index (χ3v) is 17.0. The molecule has 0 bridgehead atoms. The molecule has 0 saturated carbocycles. The van der Waals surface area contributed by atoms with Gasteiger partial charge in [0.05, 0.1) is 0 Å². The maximum absolute atomic E-state index is 7.34. The molecule has 27 heavy (non-hydrogen) atoms. The van der Waals surface area contributed by atoms with Crippen LogP contribution >= 0.6 is 5.89 Å². The molecule has 0 radical (unpaired) electrons. The molecule has 0 atom stereocenters. The van der Waals surface area contributed by atoms with Crippen molar-refractivity contribution in [1.82, 2.24) is 0 Å². The molecule has 1 fully saturated rings. The Kier molecular flexibility index (Phi) is 7.70. The fourth-order valence-electron chi connectivity index (χ4n) is 4.45. The summed E-state index contributed by atoms with van der Waals surface area (Å²) in [7, 11) is 0. The van der Waals surface area contributed by atoms with E-state index in [9.17, 15) is 0 Å². The molecular weight excluding hydrogens is 490 g/mol. The fraction of sp³-hybridized carbons (Fsp3) is 0.667. The van der Waals surface area contributed by atoms with Crippen molar-refractivity contribution in [3.8, 4) is 0 Å². The Balaban J connectivity index is 0.000000451. The Morgan fingerprint density at radius 2 is 1.00 bits per heavy atom. The second-order valence-electron chi connectivity index (χ2n) is 9.23. The van der Waals surface area contributed by atoms with Crippen molar-refractivity contribution in [2.45, 2.75) is 82.1 Å². The minimum absolute atomic E-state index is 0.136. The van der Waals surface area contributed by atoms with Gasteiger partial charge in [-0.3, -0.25) is 0 Å². The average molecular weight is 528 g/mol. The van der Waals surface area contributed by atoms with Crippen LogP contribution in [-0.4, -0.2) is 13.2 Å². The van der Waals surface area contributed by atoms with Crippen LogP contribution in [0.15, 0.2) is 36.0 Å². The Hall–Kier alpha value is 0.548. The zero-order chi connectivity index (χ0) is 20.7. The van der Waals surface area contributed by atoms with Crippen LogP contribution in [0.3, 0.4) is 0 Å². The van der Waals surface area contributed by atoms with E-state index in [0.717, 1.165) is 13.2 Å². The standard InChI is InChI=1S/2C10H15.C4H8O.ClH.Sm/c2*1-7-6-10(4,5)9(3)8(7)2;1-2-4-5-3-1;;/h2*1-5H3;1-4H2;1H;/q;;;;+1/p-1. The first-order valence-corrected chi connectivity index (χ1v) is 16.0. The predicted octanol–water partition coefficient (Wildman–Crippen LogP) is 7.86. The molecule has 153 valence electrons. The van der Waals surface area contributed by atoms with Crippen molar-refractivity contribution in [3.63, 3.8) is 0 Å². The number of allylic oxidation sites excluding steroid dienone is 8. The van der Waals surface area contributed by atoms with Gasteiger partial charge in [0.1, 0.15) is 0 Å². The van der Waals surface area contributed by atoms with E-state index in [-0.39, 0.29) is 10.8 Å². The predicted molar refractivity (Wildman–Crippen MR) is 116 cm³/mol. The van der Waals surface area contributed by atoms with Crippen LogP contribution in [0.4, 0.5) is 0 Å². The molecule has 1 heterocycles. The van der Waals surface area contributed by atoms with Crippen molar-refractivity contribution >= 4 is 5.89 Å². The molecule has 0 spiro atoms. The van der Waals surface area contributed by atoms with Crippen LogP contribution < -0.4 is 0 Å². The summed E-state index contributed by atoms with van der Waals surface area (Å²) in [5.41, 5.74) is 9.17. The Morgan fingerprint density at radius 3 is 1.19 bits per heavy atom. The van der Waals surface area contributed by atoms with Gasteiger partial charge in [-0.15, -0.1) is 0 Å². The van der Waals surface area contributed by atoms with Crippen molar-refractivity contribution in [2.24, 2.45) is 10.8 Å². The number of rotatable bonds is 2. The topological polar surface area (TPSA) is 9.23 Å². The summed E-state index contributed by atoms with van der Waals surface area (Å²) in [5, 5.41) is 0. The molecular formula is C24H38ClOSm. The van der Waals surface area contributed by atoms with Crippen molar-refractivity contribution < 1.29 is 37.4 Å². The van der Waals surface area contributed by atoms with Crippen LogP contribution in [0.25, 0.3) is 0 Å². The first-order chi connectivity index (χ1) is 12.4. The normalized spacial score (nSPS) is 24.4. The molecule has 3 aliphatic rings. The van der Waals surface area contributed by atoms with Crippen LogP contribution in [0.2, 0.25) is 0 Å². The van der Waals surface area contributed by atoms with Crippen LogP contribution in [0.5, 0.6) is 0 Å². The van der Waals surface area contributed by atoms with Gasteiger partial charge in [0, 0.05) is 13.2 Å². The number of ether oxygens (including phenoxy) is 1. The van der Waals surface area contributed by atoms with Crippen molar-refractivity contribution in [1.29, 1.82) is 0 Å². The van der Waals surface area contributed by atoms with Gasteiger partial charge in [-0.05, 0) is 12.8 Å². The Labute approximate surface area is 183 Å². The van der Waals surface area contributed by atoms with Gasteiger partial charge in [-0.1, -0.05) is 0 Å². The monoisotopic (exact) mass is 529 g/mol. The molecule has 0 aromatic carbocycles. The van der Waals surface area contributed by atoms with Gasteiger partial charge < -0.3 is 4.74 Å². The van der Waals surface area contributed by atoms with E-state index in [1.807, 2.05) is 0 Å². The average Bonchev–Trinajstić information content (AvgIpc) is 3.24. The van der Waals surface area contributed by atoms with Crippen molar-refractivity contribution in [3.05, 3.63) is 36.0 Å². The Bertz CT molecular complexity index is 677. The third-order valence-electron chi connectivity index (χ3n) is 7.13. The molecule has 2 aliphatic carbocycles. The summed E-state index contributed by atoms with van der Waals surface area (Å²) in [6.45, 7) is 25.1. The SMILES string of the molecule is C1CCOC1.CC1=C(C)C(C)(C)[C]([Sm]([Cl])[C]2=C(C)C(C)=C(C)C2(C)C)=C1C. The second kappa shape index (κ2) is 8.73. The zero-order valence-corrected chi connectivity index (χ0v) is 22.4. The van der Waals surface area contributed by atoms with Gasteiger partial charge in [0.15, 0.2) is 0 Å². The van der Waals surface area contributed by atoms with Crippen LogP contribution in [0.1, 0.15) is 82.1 Å². The van der Waals surface area contributed by atoms with Gasteiger partial charge in [0.2, 0.25) is 0 Å². The summed E-state index contributed by atoms with van der Waals surface area (Å²) in [6, 6.07) is 0. The second-order valence-corrected chi connectivity index (χ2v) is 15.8. The van der Waals surface area contributed by atoms with Crippen LogP contribution in [0, 0.1) is 43.5 Å². The van der Waals surface area contributed by atoms with E-state index >= 15 is 0 Å². The fourth-order valence-corrected chi connectivity index (χ4v) is 16.2. The molecule has 1 nitrogen and oxygen atoms in total. The summed E-state index contributed by atoms with van der Waals surface area (Å²) in [4.78, 5) is 0. The molecule has 1 saturated heterocycles. The third kappa shape index (κ3) is 4.22. The van der Waals surface area contributed by atoms with Gasteiger partial charge in [-0.25, -0.2) is 0 Å². The molecule has 0 amide bonds. The van der Waals surface area contributed by atoms with Gasteiger partial charge >= 0.3 is 155 Å². The first-order valence-electron chi connectivity index (χ1n) is 10.1. The summed E-state index contributed by atoms with van der Waals surface area (Å²) in [6.07, 6.45) is 2.56. The van der Waals surface area contributed by atoms with E-state index in [0.29, 0.717) is 0 Å². The first kappa shape index (κ1) is 23.8. The molecule has 3 heteroatoms. The molecule has 0 unspecified atom stereocenters. The van der Waals surface area contributed by atoms with Gasteiger partial charge in [-0.2, -0.15) is 0 Å². The summed E-state index contributed by atoms with van der Waals surface area (Å²) in [5.74, 6) is 7.34. The van der Waals surface area contributed by atoms with Crippen molar-refractivity contribution in [2.75, 3.05) is 13.2 Å². The summed E-state index contributed by atoms with van der Waals surface area (Å²) >= 11 is -2.34. The summed E-state index contributed by atoms with van der Waals surface area (Å²) < 4.78 is 8.13. The number of halogens is 1. The van der Waals surface area contributed by atoms with E-state index < -0.39 is 32.7 Å². The number of hydrogen-bond acceptors (Lipinski definition) is 1. The maximum atomic E-state index is 7.34.